The van der Waals surface area contributed by atoms with E-state index in [1.807, 2.05) is 6.08 Å². The van der Waals surface area contributed by atoms with Gasteiger partial charge in [0.1, 0.15) is 0 Å². The molecule has 80 valence electrons. The number of carbonyl (C=O) groups excluding carboxylic acids is 1. The summed E-state index contributed by atoms with van der Waals surface area (Å²) in [5, 5.41) is 0. The van der Waals surface area contributed by atoms with Gasteiger partial charge in [0, 0.05) is 6.42 Å². The second kappa shape index (κ2) is 3.62. The molecule has 0 aromatic heterocycles. The molecule has 2 unspecified atom stereocenters. The monoisotopic (exact) mass is 202 g/mol. The predicted molar refractivity (Wildman–Crippen MR) is 60.5 cm³/mol. The molecule has 0 saturated heterocycles. The summed E-state index contributed by atoms with van der Waals surface area (Å²) in [7, 11) is 0. The second-order valence-corrected chi connectivity index (χ2v) is 5.24. The van der Waals surface area contributed by atoms with Crippen LogP contribution < -0.4 is 0 Å². The van der Waals surface area contributed by atoms with Crippen molar-refractivity contribution in [1.29, 1.82) is 0 Å². The van der Waals surface area contributed by atoms with E-state index in [2.05, 4.69) is 6.08 Å². The first-order valence-electron chi connectivity index (χ1n) is 6.28. The van der Waals surface area contributed by atoms with Crippen molar-refractivity contribution in [1.82, 2.24) is 0 Å². The van der Waals surface area contributed by atoms with Gasteiger partial charge in [0.2, 0.25) is 0 Å². The van der Waals surface area contributed by atoms with Gasteiger partial charge in [-0.1, -0.05) is 18.1 Å². The molecule has 1 nitrogen and oxygen atoms in total. The van der Waals surface area contributed by atoms with Crippen LogP contribution >= 0.6 is 0 Å². The minimum Gasteiger partial charge on any atom is -0.295 e. The van der Waals surface area contributed by atoms with Crippen molar-refractivity contribution < 1.29 is 4.79 Å². The molecule has 0 aliphatic heterocycles. The zero-order chi connectivity index (χ0) is 10.3. The first-order valence-corrected chi connectivity index (χ1v) is 6.28. The van der Waals surface area contributed by atoms with Crippen molar-refractivity contribution in [2.75, 3.05) is 0 Å². The maximum absolute atomic E-state index is 11.4. The fourth-order valence-corrected chi connectivity index (χ4v) is 3.40. The maximum Gasteiger partial charge on any atom is 0.155 e. The Morgan fingerprint density at radius 3 is 2.87 bits per heavy atom. The van der Waals surface area contributed by atoms with Gasteiger partial charge in [0.15, 0.2) is 5.78 Å². The summed E-state index contributed by atoms with van der Waals surface area (Å²) < 4.78 is 0. The molecule has 3 aliphatic rings. The molecule has 0 heterocycles. The van der Waals surface area contributed by atoms with Crippen LogP contribution in [0.3, 0.4) is 0 Å². The molecule has 0 N–H and O–H groups in total. The zero-order valence-corrected chi connectivity index (χ0v) is 9.17. The molecule has 0 radical (unpaired) electrons. The summed E-state index contributed by atoms with van der Waals surface area (Å²) in [6.07, 6.45) is 12.9. The van der Waals surface area contributed by atoms with Crippen LogP contribution in [0.5, 0.6) is 0 Å². The standard InChI is InChI=1S/C14H18O/c15-14-6-5-12-7-10-3-1-2-4-11(10)8-13(12)9-14/h8-10,12H,1-7H2. The van der Waals surface area contributed by atoms with E-state index < -0.39 is 0 Å². The highest BCUT2D eigenvalue weighted by Crippen LogP contribution is 2.43. The van der Waals surface area contributed by atoms with E-state index in [9.17, 15) is 4.79 Å². The molecular formula is C14H18O. The van der Waals surface area contributed by atoms with E-state index >= 15 is 0 Å². The van der Waals surface area contributed by atoms with E-state index in [4.69, 9.17) is 0 Å². The van der Waals surface area contributed by atoms with Crippen LogP contribution in [-0.4, -0.2) is 5.78 Å². The topological polar surface area (TPSA) is 17.1 Å². The summed E-state index contributed by atoms with van der Waals surface area (Å²) >= 11 is 0. The largest absolute Gasteiger partial charge is 0.295 e. The molecule has 0 amide bonds. The van der Waals surface area contributed by atoms with Crippen molar-refractivity contribution in [3.63, 3.8) is 0 Å². The minimum absolute atomic E-state index is 0.340. The lowest BCUT2D eigenvalue weighted by molar-refractivity contribution is -0.115. The molecule has 0 aromatic rings. The summed E-state index contributed by atoms with van der Waals surface area (Å²) in [6.45, 7) is 0. The van der Waals surface area contributed by atoms with Crippen molar-refractivity contribution in [2.24, 2.45) is 11.8 Å². The lowest BCUT2D eigenvalue weighted by Crippen LogP contribution is -2.24. The van der Waals surface area contributed by atoms with E-state index in [-0.39, 0.29) is 0 Å². The van der Waals surface area contributed by atoms with Gasteiger partial charge < -0.3 is 0 Å². The van der Waals surface area contributed by atoms with E-state index in [0.717, 1.165) is 18.8 Å². The number of hydrogen-bond acceptors (Lipinski definition) is 1. The van der Waals surface area contributed by atoms with E-state index in [0.29, 0.717) is 11.7 Å². The van der Waals surface area contributed by atoms with Crippen LogP contribution in [0.25, 0.3) is 0 Å². The molecule has 2 atom stereocenters. The van der Waals surface area contributed by atoms with E-state index in [1.165, 1.54) is 37.7 Å². The summed E-state index contributed by atoms with van der Waals surface area (Å²) in [4.78, 5) is 11.4. The Balaban J connectivity index is 1.92. The van der Waals surface area contributed by atoms with Gasteiger partial charge in [-0.2, -0.15) is 0 Å². The molecule has 1 saturated carbocycles. The first kappa shape index (κ1) is 9.38. The first-order chi connectivity index (χ1) is 7.33. The Labute approximate surface area is 91.2 Å². The van der Waals surface area contributed by atoms with Gasteiger partial charge in [-0.3, -0.25) is 4.79 Å². The van der Waals surface area contributed by atoms with Crippen LogP contribution in [0.4, 0.5) is 0 Å². The number of hydrogen-bond donors (Lipinski definition) is 0. The quantitative estimate of drug-likeness (QED) is 0.588. The molecule has 0 spiro atoms. The predicted octanol–water partition coefficient (Wildman–Crippen LogP) is 3.41. The third-order valence-corrected chi connectivity index (χ3v) is 4.25. The van der Waals surface area contributed by atoms with Gasteiger partial charge >= 0.3 is 0 Å². The Morgan fingerprint density at radius 2 is 1.93 bits per heavy atom. The Kier molecular flexibility index (Phi) is 2.27. The maximum atomic E-state index is 11.4. The third kappa shape index (κ3) is 1.68. The minimum atomic E-state index is 0.340. The molecule has 0 bridgehead atoms. The third-order valence-electron chi connectivity index (χ3n) is 4.25. The molecule has 1 fully saturated rings. The van der Waals surface area contributed by atoms with Crippen molar-refractivity contribution in [3.05, 3.63) is 23.3 Å². The Hall–Kier alpha value is -0.850. The normalized spacial score (nSPS) is 35.1. The van der Waals surface area contributed by atoms with Gasteiger partial charge in [-0.15, -0.1) is 0 Å². The number of carbonyl (C=O) groups is 1. The molecule has 3 aliphatic carbocycles. The van der Waals surface area contributed by atoms with Crippen LogP contribution in [0, 0.1) is 11.8 Å². The van der Waals surface area contributed by atoms with Crippen LogP contribution in [0.1, 0.15) is 44.9 Å². The number of ketones is 1. The summed E-state index contributed by atoms with van der Waals surface area (Å²) in [5.74, 6) is 1.90. The van der Waals surface area contributed by atoms with Crippen LogP contribution in [-0.2, 0) is 4.79 Å². The SMILES string of the molecule is O=C1C=C2C=C3CCCCC3CC2CC1. The van der Waals surface area contributed by atoms with Crippen molar-refractivity contribution in [2.45, 2.75) is 44.9 Å². The fourth-order valence-electron chi connectivity index (χ4n) is 3.40. The fraction of sp³-hybridized carbons (Fsp3) is 0.643. The van der Waals surface area contributed by atoms with Crippen LogP contribution in [0.15, 0.2) is 23.3 Å². The van der Waals surface area contributed by atoms with E-state index in [1.54, 1.807) is 5.57 Å². The van der Waals surface area contributed by atoms with Gasteiger partial charge in [-0.05, 0) is 55.6 Å². The summed E-state index contributed by atoms with van der Waals surface area (Å²) in [6, 6.07) is 0. The molecule has 1 heteroatoms. The summed E-state index contributed by atoms with van der Waals surface area (Å²) in [5.41, 5.74) is 2.98. The van der Waals surface area contributed by atoms with Gasteiger partial charge in [-0.25, -0.2) is 0 Å². The molecule has 0 aromatic carbocycles. The second-order valence-electron chi connectivity index (χ2n) is 5.24. The van der Waals surface area contributed by atoms with Gasteiger partial charge in [0.25, 0.3) is 0 Å². The Morgan fingerprint density at radius 1 is 1.00 bits per heavy atom. The molecular weight excluding hydrogens is 184 g/mol. The molecule has 15 heavy (non-hydrogen) atoms. The van der Waals surface area contributed by atoms with Crippen molar-refractivity contribution in [3.8, 4) is 0 Å². The highest BCUT2D eigenvalue weighted by molar-refractivity contribution is 5.91. The lowest BCUT2D eigenvalue weighted by atomic mass is 9.69. The Bertz CT molecular complexity index is 348. The zero-order valence-electron chi connectivity index (χ0n) is 9.17. The van der Waals surface area contributed by atoms with Crippen LogP contribution in [0.2, 0.25) is 0 Å². The average molecular weight is 202 g/mol. The average Bonchev–Trinajstić information content (AvgIpc) is 2.26. The smallest absolute Gasteiger partial charge is 0.155 e. The van der Waals surface area contributed by atoms with Crippen molar-refractivity contribution >= 4 is 5.78 Å². The lowest BCUT2D eigenvalue weighted by Gasteiger charge is -2.36. The number of fused-ring (bicyclic) bond motifs is 2. The molecule has 3 rings (SSSR count). The number of allylic oxidation sites excluding steroid dienone is 4. The number of rotatable bonds is 0. The highest BCUT2D eigenvalue weighted by Gasteiger charge is 2.31. The highest BCUT2D eigenvalue weighted by atomic mass is 16.1. The van der Waals surface area contributed by atoms with Gasteiger partial charge in [0.05, 0.1) is 0 Å².